The zero-order valence-electron chi connectivity index (χ0n) is 17.3. The van der Waals surface area contributed by atoms with Gasteiger partial charge in [-0.1, -0.05) is 20.8 Å². The molecule has 2 rings (SSSR count). The Balaban J connectivity index is 1.81. The smallest absolute Gasteiger partial charge is 0.253 e. The Bertz CT molecular complexity index is 662. The van der Waals surface area contributed by atoms with Crippen molar-refractivity contribution in [3.8, 4) is 0 Å². The van der Waals surface area contributed by atoms with Crippen molar-refractivity contribution in [1.29, 1.82) is 0 Å². The van der Waals surface area contributed by atoms with E-state index in [9.17, 15) is 14.4 Å². The third kappa shape index (κ3) is 6.66. The van der Waals surface area contributed by atoms with Gasteiger partial charge >= 0.3 is 0 Å². The molecule has 1 heterocycles. The minimum atomic E-state index is -0.0231. The van der Waals surface area contributed by atoms with Gasteiger partial charge in [0.1, 0.15) is 0 Å². The third-order valence-electron chi connectivity index (χ3n) is 5.07. The van der Waals surface area contributed by atoms with Gasteiger partial charge in [-0.15, -0.1) is 0 Å². The monoisotopic (exact) mass is 387 g/mol. The summed E-state index contributed by atoms with van der Waals surface area (Å²) in [6.45, 7) is 8.15. The van der Waals surface area contributed by atoms with Crippen LogP contribution in [0.3, 0.4) is 0 Å². The number of anilines is 1. The summed E-state index contributed by atoms with van der Waals surface area (Å²) in [6.07, 6.45) is 3.67. The summed E-state index contributed by atoms with van der Waals surface area (Å²) in [5.74, 6) is 0.638. The van der Waals surface area contributed by atoms with Gasteiger partial charge in [-0.2, -0.15) is 0 Å². The van der Waals surface area contributed by atoms with E-state index in [2.05, 4.69) is 24.5 Å². The summed E-state index contributed by atoms with van der Waals surface area (Å²) >= 11 is 0. The molecule has 0 radical (unpaired) electrons. The quantitative estimate of drug-likeness (QED) is 0.717. The molecule has 154 valence electrons. The highest BCUT2D eigenvalue weighted by molar-refractivity contribution is 5.96. The molecule has 6 nitrogen and oxygen atoms in total. The first-order valence-electron chi connectivity index (χ1n) is 10.4. The van der Waals surface area contributed by atoms with Crippen molar-refractivity contribution in [2.75, 3.05) is 25.0 Å². The first kappa shape index (κ1) is 21.9. The Morgan fingerprint density at radius 1 is 1.11 bits per heavy atom. The highest BCUT2D eigenvalue weighted by Crippen LogP contribution is 2.20. The number of hydrogen-bond donors (Lipinski definition) is 2. The van der Waals surface area contributed by atoms with E-state index in [-0.39, 0.29) is 23.6 Å². The van der Waals surface area contributed by atoms with Gasteiger partial charge in [-0.3, -0.25) is 14.4 Å². The van der Waals surface area contributed by atoms with E-state index < -0.39 is 0 Å². The van der Waals surface area contributed by atoms with Crippen LogP contribution in [0.15, 0.2) is 24.3 Å². The number of nitrogens with zero attached hydrogens (tertiary/aromatic N) is 1. The Morgan fingerprint density at radius 2 is 1.75 bits per heavy atom. The van der Waals surface area contributed by atoms with Gasteiger partial charge in [0.25, 0.3) is 5.91 Å². The predicted molar refractivity (Wildman–Crippen MR) is 111 cm³/mol. The number of rotatable bonds is 8. The zero-order valence-corrected chi connectivity index (χ0v) is 17.3. The zero-order chi connectivity index (χ0) is 20.5. The fourth-order valence-electron chi connectivity index (χ4n) is 3.30. The van der Waals surface area contributed by atoms with Crippen molar-refractivity contribution in [2.45, 2.75) is 52.9 Å². The van der Waals surface area contributed by atoms with Crippen molar-refractivity contribution < 1.29 is 14.4 Å². The van der Waals surface area contributed by atoms with Crippen LogP contribution in [0, 0.1) is 11.8 Å². The average Bonchev–Trinajstić information content (AvgIpc) is 2.68. The summed E-state index contributed by atoms with van der Waals surface area (Å²) < 4.78 is 0. The highest BCUT2D eigenvalue weighted by atomic mass is 16.2. The molecule has 1 aromatic rings. The minimum absolute atomic E-state index is 0.00707. The molecule has 0 bridgehead atoms. The number of likely N-dealkylation sites (tertiary alicyclic amines) is 1. The first-order chi connectivity index (χ1) is 13.4. The Hall–Kier alpha value is -2.37. The molecule has 0 atom stereocenters. The Morgan fingerprint density at radius 3 is 2.32 bits per heavy atom. The number of piperidine rings is 1. The molecule has 6 heteroatoms. The van der Waals surface area contributed by atoms with Gasteiger partial charge in [0.15, 0.2) is 0 Å². The number of carbonyl (C=O) groups excluding carboxylic acids is 3. The lowest BCUT2D eigenvalue weighted by molar-refractivity contribution is -0.126. The number of amides is 3. The SMILES string of the molecule is CCCC(=O)Nc1ccc(C(=O)N2CCC(C(=O)NCCC(C)C)CC2)cc1. The molecule has 0 aromatic heterocycles. The molecule has 28 heavy (non-hydrogen) atoms. The van der Waals surface area contributed by atoms with Crippen LogP contribution in [0.1, 0.15) is 63.2 Å². The standard InChI is InChI=1S/C22H33N3O3/c1-4-5-20(26)24-19-8-6-18(7-9-19)22(28)25-14-11-17(12-15-25)21(27)23-13-10-16(2)3/h6-9,16-17H,4-5,10-15H2,1-3H3,(H,23,27)(H,24,26). The van der Waals surface area contributed by atoms with Gasteiger partial charge in [0.2, 0.25) is 11.8 Å². The second-order valence-electron chi connectivity index (χ2n) is 7.92. The second-order valence-corrected chi connectivity index (χ2v) is 7.92. The molecule has 2 N–H and O–H groups in total. The van der Waals surface area contributed by atoms with E-state index in [0.29, 0.717) is 49.5 Å². The van der Waals surface area contributed by atoms with Crippen molar-refractivity contribution in [2.24, 2.45) is 11.8 Å². The normalized spacial score (nSPS) is 14.8. The molecule has 1 fully saturated rings. The number of hydrogen-bond acceptors (Lipinski definition) is 3. The summed E-state index contributed by atoms with van der Waals surface area (Å²) in [6, 6.07) is 7.01. The predicted octanol–water partition coefficient (Wildman–Crippen LogP) is 3.44. The lowest BCUT2D eigenvalue weighted by Gasteiger charge is -2.31. The van der Waals surface area contributed by atoms with Crippen molar-refractivity contribution in [3.05, 3.63) is 29.8 Å². The Kier molecular flexibility index (Phi) is 8.48. The van der Waals surface area contributed by atoms with Crippen LogP contribution >= 0.6 is 0 Å². The van der Waals surface area contributed by atoms with Crippen molar-refractivity contribution in [1.82, 2.24) is 10.2 Å². The molecule has 0 unspecified atom stereocenters. The van der Waals surface area contributed by atoms with E-state index >= 15 is 0 Å². The van der Waals surface area contributed by atoms with Crippen LogP contribution in [0.5, 0.6) is 0 Å². The van der Waals surface area contributed by atoms with Gasteiger partial charge < -0.3 is 15.5 Å². The minimum Gasteiger partial charge on any atom is -0.356 e. The highest BCUT2D eigenvalue weighted by Gasteiger charge is 2.27. The summed E-state index contributed by atoms with van der Waals surface area (Å²) in [5.41, 5.74) is 1.31. The molecule has 1 aliphatic rings. The maximum atomic E-state index is 12.7. The van der Waals surface area contributed by atoms with Gasteiger partial charge in [-0.25, -0.2) is 0 Å². The van der Waals surface area contributed by atoms with E-state index in [1.165, 1.54) is 0 Å². The molecular weight excluding hydrogens is 354 g/mol. The summed E-state index contributed by atoms with van der Waals surface area (Å²) in [7, 11) is 0. The van der Waals surface area contributed by atoms with Crippen LogP contribution in [0.4, 0.5) is 5.69 Å². The van der Waals surface area contributed by atoms with Crippen LogP contribution in [0.2, 0.25) is 0 Å². The van der Waals surface area contributed by atoms with E-state index in [0.717, 1.165) is 19.4 Å². The maximum Gasteiger partial charge on any atom is 0.253 e. The maximum absolute atomic E-state index is 12.7. The average molecular weight is 388 g/mol. The molecule has 0 saturated carbocycles. The van der Waals surface area contributed by atoms with Crippen molar-refractivity contribution in [3.63, 3.8) is 0 Å². The van der Waals surface area contributed by atoms with Crippen LogP contribution in [-0.2, 0) is 9.59 Å². The lowest BCUT2D eigenvalue weighted by atomic mass is 9.95. The van der Waals surface area contributed by atoms with Gasteiger partial charge in [-0.05, 0) is 55.9 Å². The fraction of sp³-hybridized carbons (Fsp3) is 0.591. The van der Waals surface area contributed by atoms with Crippen molar-refractivity contribution >= 4 is 23.4 Å². The molecule has 0 aliphatic carbocycles. The number of nitrogens with one attached hydrogen (secondary N) is 2. The number of carbonyl (C=O) groups is 3. The second kappa shape index (κ2) is 10.8. The van der Waals surface area contributed by atoms with Crippen LogP contribution in [-0.4, -0.2) is 42.3 Å². The number of benzene rings is 1. The fourth-order valence-corrected chi connectivity index (χ4v) is 3.30. The first-order valence-corrected chi connectivity index (χ1v) is 10.4. The van der Waals surface area contributed by atoms with Gasteiger partial charge in [0.05, 0.1) is 0 Å². The molecular formula is C22H33N3O3. The molecule has 3 amide bonds. The lowest BCUT2D eigenvalue weighted by Crippen LogP contribution is -2.43. The topological polar surface area (TPSA) is 78.5 Å². The largest absolute Gasteiger partial charge is 0.356 e. The molecule has 1 saturated heterocycles. The van der Waals surface area contributed by atoms with E-state index in [4.69, 9.17) is 0 Å². The summed E-state index contributed by atoms with van der Waals surface area (Å²) in [4.78, 5) is 38.4. The van der Waals surface area contributed by atoms with Crippen LogP contribution in [0.25, 0.3) is 0 Å². The van der Waals surface area contributed by atoms with Gasteiger partial charge in [0, 0.05) is 43.2 Å². The molecule has 0 spiro atoms. The van der Waals surface area contributed by atoms with Crippen LogP contribution < -0.4 is 10.6 Å². The summed E-state index contributed by atoms with van der Waals surface area (Å²) in [5, 5.41) is 5.84. The third-order valence-corrected chi connectivity index (χ3v) is 5.07. The van der Waals surface area contributed by atoms with E-state index in [1.54, 1.807) is 24.3 Å². The van der Waals surface area contributed by atoms with E-state index in [1.807, 2.05) is 11.8 Å². The Labute approximate surface area is 168 Å². The molecule has 1 aliphatic heterocycles. The molecule has 1 aromatic carbocycles.